The molecule has 0 radical (unpaired) electrons. The Morgan fingerprint density at radius 2 is 1.83 bits per heavy atom. The van der Waals surface area contributed by atoms with E-state index in [0.29, 0.717) is 6.04 Å². The zero-order valence-corrected chi connectivity index (χ0v) is 10.6. The molecule has 0 saturated carbocycles. The summed E-state index contributed by atoms with van der Waals surface area (Å²) in [6, 6.07) is 14.5. The Balaban J connectivity index is 1.87. The van der Waals surface area contributed by atoms with Crippen LogP contribution in [0.15, 0.2) is 53.1 Å². The molecule has 1 aliphatic rings. The SMILES string of the molecule is CC1C(c2ccccc2)OC(c2ccco2)N1C. The molecule has 3 heteroatoms. The van der Waals surface area contributed by atoms with E-state index in [1.807, 2.05) is 30.3 Å². The highest BCUT2D eigenvalue weighted by Crippen LogP contribution is 2.40. The molecule has 0 aliphatic carbocycles. The fraction of sp³-hybridized carbons (Fsp3) is 0.333. The molecule has 94 valence electrons. The second-order valence-electron chi connectivity index (χ2n) is 4.74. The van der Waals surface area contributed by atoms with Gasteiger partial charge < -0.3 is 9.15 Å². The van der Waals surface area contributed by atoms with E-state index < -0.39 is 0 Å². The van der Waals surface area contributed by atoms with Crippen LogP contribution in [0, 0.1) is 0 Å². The Labute approximate surface area is 107 Å². The summed E-state index contributed by atoms with van der Waals surface area (Å²) in [5.74, 6) is 0.864. The maximum Gasteiger partial charge on any atom is 0.170 e. The molecule has 0 N–H and O–H groups in total. The van der Waals surface area contributed by atoms with Crippen LogP contribution in [0.5, 0.6) is 0 Å². The van der Waals surface area contributed by atoms with Gasteiger partial charge in [-0.05, 0) is 31.7 Å². The first-order valence-corrected chi connectivity index (χ1v) is 6.23. The van der Waals surface area contributed by atoms with Gasteiger partial charge in [-0.15, -0.1) is 0 Å². The Kier molecular flexibility index (Phi) is 2.94. The summed E-state index contributed by atoms with van der Waals surface area (Å²) < 4.78 is 11.6. The molecule has 18 heavy (non-hydrogen) atoms. The maximum atomic E-state index is 6.15. The van der Waals surface area contributed by atoms with Crippen molar-refractivity contribution in [3.63, 3.8) is 0 Å². The summed E-state index contributed by atoms with van der Waals surface area (Å²) in [6.07, 6.45) is 1.68. The molecule has 2 aromatic rings. The number of benzene rings is 1. The van der Waals surface area contributed by atoms with Gasteiger partial charge in [-0.2, -0.15) is 0 Å². The molecule has 3 atom stereocenters. The van der Waals surface area contributed by atoms with E-state index in [1.54, 1.807) is 6.26 Å². The average molecular weight is 243 g/mol. The van der Waals surface area contributed by atoms with E-state index >= 15 is 0 Å². The third-order valence-electron chi connectivity index (χ3n) is 3.64. The summed E-state index contributed by atoms with van der Waals surface area (Å²) in [7, 11) is 2.07. The first kappa shape index (κ1) is 11.5. The predicted octanol–water partition coefficient (Wildman–Crippen LogP) is 3.37. The molecule has 1 saturated heterocycles. The molecular formula is C15H17NO2. The normalized spacial score (nSPS) is 28.7. The molecule has 2 heterocycles. The van der Waals surface area contributed by atoms with Crippen molar-refractivity contribution in [1.29, 1.82) is 0 Å². The van der Waals surface area contributed by atoms with Gasteiger partial charge in [0.1, 0.15) is 11.9 Å². The molecule has 0 bridgehead atoms. The van der Waals surface area contributed by atoms with Crippen molar-refractivity contribution in [1.82, 2.24) is 4.90 Å². The Bertz CT molecular complexity index is 494. The molecule has 1 aromatic heterocycles. The second-order valence-corrected chi connectivity index (χ2v) is 4.74. The van der Waals surface area contributed by atoms with Crippen LogP contribution < -0.4 is 0 Å². The Morgan fingerprint density at radius 1 is 1.06 bits per heavy atom. The smallest absolute Gasteiger partial charge is 0.170 e. The van der Waals surface area contributed by atoms with Crippen LogP contribution in [-0.2, 0) is 4.74 Å². The van der Waals surface area contributed by atoms with Crippen LogP contribution in [0.25, 0.3) is 0 Å². The van der Waals surface area contributed by atoms with Gasteiger partial charge in [-0.3, -0.25) is 4.90 Å². The Hall–Kier alpha value is -1.58. The molecule has 1 aromatic carbocycles. The van der Waals surface area contributed by atoms with Gasteiger partial charge in [0.2, 0.25) is 0 Å². The minimum atomic E-state index is -0.0970. The third kappa shape index (κ3) is 1.85. The zero-order chi connectivity index (χ0) is 12.5. The highest BCUT2D eigenvalue weighted by molar-refractivity contribution is 5.21. The van der Waals surface area contributed by atoms with Gasteiger partial charge in [-0.1, -0.05) is 30.3 Å². The minimum Gasteiger partial charge on any atom is -0.465 e. The maximum absolute atomic E-state index is 6.15. The van der Waals surface area contributed by atoms with Crippen LogP contribution >= 0.6 is 0 Å². The van der Waals surface area contributed by atoms with E-state index in [1.165, 1.54) is 5.56 Å². The third-order valence-corrected chi connectivity index (χ3v) is 3.64. The number of likely N-dealkylation sites (N-methyl/N-ethyl adjacent to an activating group) is 1. The minimum absolute atomic E-state index is 0.0892. The molecule has 3 unspecified atom stereocenters. The van der Waals surface area contributed by atoms with Crippen molar-refractivity contribution in [2.24, 2.45) is 0 Å². The van der Waals surface area contributed by atoms with E-state index in [2.05, 4.69) is 31.0 Å². The van der Waals surface area contributed by atoms with Gasteiger partial charge in [0, 0.05) is 6.04 Å². The summed E-state index contributed by atoms with van der Waals surface area (Å²) >= 11 is 0. The number of hydrogen-bond acceptors (Lipinski definition) is 3. The molecule has 1 aliphatic heterocycles. The van der Waals surface area contributed by atoms with Crippen molar-refractivity contribution in [2.75, 3.05) is 7.05 Å². The molecular weight excluding hydrogens is 226 g/mol. The predicted molar refractivity (Wildman–Crippen MR) is 68.9 cm³/mol. The van der Waals surface area contributed by atoms with Crippen molar-refractivity contribution in [3.05, 3.63) is 60.1 Å². The lowest BCUT2D eigenvalue weighted by Gasteiger charge is -2.19. The van der Waals surface area contributed by atoms with Gasteiger partial charge in [0.05, 0.1) is 6.26 Å². The van der Waals surface area contributed by atoms with E-state index in [0.717, 1.165) is 5.76 Å². The average Bonchev–Trinajstić information content (AvgIpc) is 3.01. The van der Waals surface area contributed by atoms with E-state index in [9.17, 15) is 0 Å². The number of hydrogen-bond donors (Lipinski definition) is 0. The number of furan rings is 1. The fourth-order valence-corrected chi connectivity index (χ4v) is 2.48. The number of rotatable bonds is 2. The lowest BCUT2D eigenvalue weighted by atomic mass is 10.0. The molecule has 0 amide bonds. The van der Waals surface area contributed by atoms with Crippen molar-refractivity contribution in [2.45, 2.75) is 25.3 Å². The largest absolute Gasteiger partial charge is 0.465 e. The lowest BCUT2D eigenvalue weighted by Crippen LogP contribution is -2.26. The first-order valence-electron chi connectivity index (χ1n) is 6.23. The molecule has 3 nitrogen and oxygen atoms in total. The lowest BCUT2D eigenvalue weighted by molar-refractivity contribution is -0.00867. The quantitative estimate of drug-likeness (QED) is 0.808. The van der Waals surface area contributed by atoms with Gasteiger partial charge >= 0.3 is 0 Å². The topological polar surface area (TPSA) is 25.6 Å². The van der Waals surface area contributed by atoms with Crippen LogP contribution in [0.3, 0.4) is 0 Å². The van der Waals surface area contributed by atoms with Gasteiger partial charge in [0.15, 0.2) is 6.23 Å². The van der Waals surface area contributed by atoms with Crippen molar-refractivity contribution >= 4 is 0 Å². The van der Waals surface area contributed by atoms with E-state index in [4.69, 9.17) is 9.15 Å². The highest BCUT2D eigenvalue weighted by atomic mass is 16.5. The Morgan fingerprint density at radius 3 is 2.50 bits per heavy atom. The van der Waals surface area contributed by atoms with Crippen LogP contribution in [-0.4, -0.2) is 18.0 Å². The standard InChI is InChI=1S/C15H17NO2/c1-11-14(12-7-4-3-5-8-12)18-15(16(11)2)13-9-6-10-17-13/h3-11,14-15H,1-2H3. The van der Waals surface area contributed by atoms with Crippen molar-refractivity contribution in [3.8, 4) is 0 Å². The first-order chi connectivity index (χ1) is 8.77. The number of nitrogens with zero attached hydrogens (tertiary/aromatic N) is 1. The summed E-state index contributed by atoms with van der Waals surface area (Å²) in [4.78, 5) is 2.20. The monoisotopic (exact) mass is 243 g/mol. The summed E-state index contributed by atoms with van der Waals surface area (Å²) in [5.41, 5.74) is 1.21. The molecule has 0 spiro atoms. The van der Waals surface area contributed by atoms with Crippen molar-refractivity contribution < 1.29 is 9.15 Å². The van der Waals surface area contributed by atoms with Crippen LogP contribution in [0.4, 0.5) is 0 Å². The fourth-order valence-electron chi connectivity index (χ4n) is 2.48. The summed E-state index contributed by atoms with van der Waals surface area (Å²) in [5, 5.41) is 0. The summed E-state index contributed by atoms with van der Waals surface area (Å²) in [6.45, 7) is 2.18. The highest BCUT2D eigenvalue weighted by Gasteiger charge is 2.39. The second kappa shape index (κ2) is 4.59. The van der Waals surface area contributed by atoms with Gasteiger partial charge in [-0.25, -0.2) is 0 Å². The van der Waals surface area contributed by atoms with Gasteiger partial charge in [0.25, 0.3) is 0 Å². The van der Waals surface area contributed by atoms with Crippen LogP contribution in [0.2, 0.25) is 0 Å². The molecule has 3 rings (SSSR count). The zero-order valence-electron chi connectivity index (χ0n) is 10.6. The number of ether oxygens (including phenoxy) is 1. The van der Waals surface area contributed by atoms with Crippen LogP contribution in [0.1, 0.15) is 30.6 Å². The molecule has 1 fully saturated rings. The van der Waals surface area contributed by atoms with E-state index in [-0.39, 0.29) is 12.3 Å².